The number of ether oxygens (including phenoxy) is 2. The number of rotatable bonds is 6. The van der Waals surface area contributed by atoms with Crippen molar-refractivity contribution in [3.63, 3.8) is 0 Å². The standard InChI is InChI=1S/C15H18O8/c1-15(12(19)8-16,14(21)22-2)23-13(20)6-4-9-3-5-10(17)11(18)7-9/h3-7,12,16-19H,8H2,1-2H3. The Morgan fingerprint density at radius 2 is 1.96 bits per heavy atom. The van der Waals surface area contributed by atoms with Gasteiger partial charge >= 0.3 is 11.9 Å². The fourth-order valence-corrected chi connectivity index (χ4v) is 1.67. The van der Waals surface area contributed by atoms with Crippen molar-refractivity contribution < 1.29 is 39.5 Å². The van der Waals surface area contributed by atoms with Crippen molar-refractivity contribution >= 4 is 18.0 Å². The third kappa shape index (κ3) is 4.44. The van der Waals surface area contributed by atoms with Crippen LogP contribution in [0.25, 0.3) is 6.08 Å². The predicted octanol–water partition coefficient (Wildman–Crippen LogP) is -0.0609. The van der Waals surface area contributed by atoms with E-state index in [4.69, 9.17) is 9.84 Å². The molecule has 0 amide bonds. The first-order valence-corrected chi connectivity index (χ1v) is 6.55. The largest absolute Gasteiger partial charge is 0.504 e. The lowest BCUT2D eigenvalue weighted by Gasteiger charge is -2.29. The van der Waals surface area contributed by atoms with Crippen LogP contribution in [0.5, 0.6) is 11.5 Å². The van der Waals surface area contributed by atoms with E-state index in [0.717, 1.165) is 20.1 Å². The number of hydrogen-bond acceptors (Lipinski definition) is 8. The third-order valence-electron chi connectivity index (χ3n) is 3.12. The molecule has 4 N–H and O–H groups in total. The molecule has 1 rings (SSSR count). The first-order valence-electron chi connectivity index (χ1n) is 6.55. The fourth-order valence-electron chi connectivity index (χ4n) is 1.67. The molecule has 8 heteroatoms. The molecule has 8 nitrogen and oxygen atoms in total. The minimum atomic E-state index is -2.07. The summed E-state index contributed by atoms with van der Waals surface area (Å²) in [4.78, 5) is 23.5. The number of carbonyl (C=O) groups is 2. The van der Waals surface area contributed by atoms with Gasteiger partial charge in [0.2, 0.25) is 5.60 Å². The zero-order chi connectivity index (χ0) is 17.6. The number of esters is 2. The molecule has 0 heterocycles. The number of benzene rings is 1. The van der Waals surface area contributed by atoms with E-state index in [2.05, 4.69) is 4.74 Å². The first kappa shape index (κ1) is 18.5. The Kier molecular flexibility index (Phi) is 6.11. The zero-order valence-corrected chi connectivity index (χ0v) is 12.6. The molecule has 0 aliphatic heterocycles. The Morgan fingerprint density at radius 1 is 1.30 bits per heavy atom. The number of aliphatic hydroxyl groups excluding tert-OH is 2. The maximum absolute atomic E-state index is 11.8. The lowest BCUT2D eigenvalue weighted by Crippen LogP contribution is -2.52. The number of carbonyl (C=O) groups excluding carboxylic acids is 2. The second kappa shape index (κ2) is 7.61. The van der Waals surface area contributed by atoms with Gasteiger partial charge in [-0.05, 0) is 30.7 Å². The lowest BCUT2D eigenvalue weighted by atomic mass is 9.99. The van der Waals surface area contributed by atoms with Crippen molar-refractivity contribution in [3.05, 3.63) is 29.8 Å². The van der Waals surface area contributed by atoms with E-state index in [0.29, 0.717) is 5.56 Å². The highest BCUT2D eigenvalue weighted by Gasteiger charge is 2.45. The van der Waals surface area contributed by atoms with Crippen molar-refractivity contribution in [2.24, 2.45) is 0 Å². The molecule has 0 saturated heterocycles. The van der Waals surface area contributed by atoms with Crippen molar-refractivity contribution in [1.82, 2.24) is 0 Å². The van der Waals surface area contributed by atoms with E-state index in [-0.39, 0.29) is 11.5 Å². The maximum atomic E-state index is 11.8. The third-order valence-corrected chi connectivity index (χ3v) is 3.12. The smallest absolute Gasteiger partial charge is 0.352 e. The van der Waals surface area contributed by atoms with Crippen LogP contribution in [0.1, 0.15) is 12.5 Å². The molecule has 0 radical (unpaired) electrons. The molecular weight excluding hydrogens is 308 g/mol. The van der Waals surface area contributed by atoms with Gasteiger partial charge in [0, 0.05) is 6.08 Å². The molecule has 0 aliphatic carbocycles. The number of aromatic hydroxyl groups is 2. The summed E-state index contributed by atoms with van der Waals surface area (Å²) in [5.74, 6) is -2.68. The Balaban J connectivity index is 2.89. The van der Waals surface area contributed by atoms with Gasteiger partial charge in [0.1, 0.15) is 6.10 Å². The predicted molar refractivity (Wildman–Crippen MR) is 78.4 cm³/mol. The summed E-state index contributed by atoms with van der Waals surface area (Å²) in [5.41, 5.74) is -1.68. The highest BCUT2D eigenvalue weighted by Crippen LogP contribution is 2.25. The topological polar surface area (TPSA) is 134 Å². The van der Waals surface area contributed by atoms with Gasteiger partial charge < -0.3 is 29.9 Å². The second-order valence-electron chi connectivity index (χ2n) is 4.80. The molecule has 0 spiro atoms. The van der Waals surface area contributed by atoms with Crippen LogP contribution in [0.4, 0.5) is 0 Å². The summed E-state index contributed by atoms with van der Waals surface area (Å²) in [7, 11) is 1.05. The van der Waals surface area contributed by atoms with Crippen molar-refractivity contribution in [2.45, 2.75) is 18.6 Å². The normalized spacial score (nSPS) is 15.0. The molecule has 126 valence electrons. The minimum Gasteiger partial charge on any atom is -0.504 e. The molecule has 0 aliphatic rings. The Labute approximate surface area is 132 Å². The van der Waals surface area contributed by atoms with Gasteiger partial charge in [-0.3, -0.25) is 0 Å². The van der Waals surface area contributed by atoms with Gasteiger partial charge in [0.25, 0.3) is 0 Å². The van der Waals surface area contributed by atoms with Gasteiger partial charge in [-0.2, -0.15) is 0 Å². The van der Waals surface area contributed by atoms with Crippen LogP contribution in [-0.4, -0.2) is 57.8 Å². The highest BCUT2D eigenvalue weighted by atomic mass is 16.6. The quantitative estimate of drug-likeness (QED) is 0.324. The second-order valence-corrected chi connectivity index (χ2v) is 4.80. The summed E-state index contributed by atoms with van der Waals surface area (Å²) in [6.45, 7) is 0.298. The molecule has 1 aromatic rings. The molecule has 2 atom stereocenters. The SMILES string of the molecule is COC(=O)C(C)(OC(=O)C=Cc1ccc(O)c(O)c1)C(O)CO. The highest BCUT2D eigenvalue weighted by molar-refractivity contribution is 5.91. The first-order chi connectivity index (χ1) is 10.7. The number of phenolic OH excluding ortho intramolecular Hbond substituents is 2. The maximum Gasteiger partial charge on any atom is 0.352 e. The average Bonchev–Trinajstić information content (AvgIpc) is 2.54. The minimum absolute atomic E-state index is 0.311. The van der Waals surface area contributed by atoms with Crippen molar-refractivity contribution in [1.29, 1.82) is 0 Å². The molecule has 1 aromatic carbocycles. The molecule has 0 bridgehead atoms. The van der Waals surface area contributed by atoms with Crippen molar-refractivity contribution in [3.8, 4) is 11.5 Å². The summed E-state index contributed by atoms with van der Waals surface area (Å²) in [6.07, 6.45) is 0.562. The van der Waals surface area contributed by atoms with E-state index >= 15 is 0 Å². The molecule has 0 saturated carbocycles. The summed E-state index contributed by atoms with van der Waals surface area (Å²) in [6, 6.07) is 3.87. The van der Waals surface area contributed by atoms with E-state index in [9.17, 15) is 24.9 Å². The monoisotopic (exact) mass is 326 g/mol. The summed E-state index contributed by atoms with van der Waals surface area (Å²) >= 11 is 0. The van der Waals surface area contributed by atoms with Crippen LogP contribution in [0, 0.1) is 0 Å². The number of methoxy groups -OCH3 is 1. The number of hydrogen-bond donors (Lipinski definition) is 4. The van der Waals surface area contributed by atoms with Crippen LogP contribution in [0.2, 0.25) is 0 Å². The Morgan fingerprint density at radius 3 is 2.48 bits per heavy atom. The van der Waals surface area contributed by atoms with Crippen molar-refractivity contribution in [2.75, 3.05) is 13.7 Å². The molecular formula is C15H18O8. The van der Waals surface area contributed by atoms with E-state index in [1.165, 1.54) is 24.3 Å². The molecule has 0 fully saturated rings. The van der Waals surface area contributed by atoms with Gasteiger partial charge in [-0.15, -0.1) is 0 Å². The van der Waals surface area contributed by atoms with E-state index < -0.39 is 30.3 Å². The molecule has 23 heavy (non-hydrogen) atoms. The number of phenols is 2. The van der Waals surface area contributed by atoms with Gasteiger partial charge in [-0.1, -0.05) is 6.07 Å². The molecule has 2 unspecified atom stereocenters. The number of aliphatic hydroxyl groups is 2. The van der Waals surface area contributed by atoms with Crippen LogP contribution >= 0.6 is 0 Å². The fraction of sp³-hybridized carbons (Fsp3) is 0.333. The van der Waals surface area contributed by atoms with Crippen LogP contribution in [-0.2, 0) is 19.1 Å². The lowest BCUT2D eigenvalue weighted by molar-refractivity contribution is -0.191. The Bertz CT molecular complexity index is 609. The average molecular weight is 326 g/mol. The van der Waals surface area contributed by atoms with Crippen LogP contribution in [0.15, 0.2) is 24.3 Å². The van der Waals surface area contributed by atoms with Gasteiger partial charge in [0.05, 0.1) is 13.7 Å². The van der Waals surface area contributed by atoms with E-state index in [1.54, 1.807) is 0 Å². The summed E-state index contributed by atoms with van der Waals surface area (Å²) < 4.78 is 9.36. The van der Waals surface area contributed by atoms with Crippen LogP contribution in [0.3, 0.4) is 0 Å². The zero-order valence-electron chi connectivity index (χ0n) is 12.6. The van der Waals surface area contributed by atoms with Gasteiger partial charge in [0.15, 0.2) is 11.5 Å². The summed E-state index contributed by atoms with van der Waals surface area (Å²) in [5, 5.41) is 37.2. The molecule has 0 aromatic heterocycles. The van der Waals surface area contributed by atoms with Gasteiger partial charge in [-0.25, -0.2) is 9.59 Å². The van der Waals surface area contributed by atoms with Crippen LogP contribution < -0.4 is 0 Å². The van der Waals surface area contributed by atoms with E-state index in [1.807, 2.05) is 0 Å². The Hall–Kier alpha value is -2.58.